The Kier molecular flexibility index (Phi) is 15.4. The monoisotopic (exact) mass is 1170 g/mol. The van der Waals surface area contributed by atoms with E-state index in [0.717, 1.165) is 38.4 Å². The zero-order valence-electron chi connectivity index (χ0n) is 33.3. The number of para-hydroxylation sites is 3. The first-order valence-corrected chi connectivity index (χ1v) is 22.5. The molecule has 0 radical (unpaired) electrons. The highest BCUT2D eigenvalue weighted by molar-refractivity contribution is 14.1. The number of halogens is 3. The van der Waals surface area contributed by atoms with Crippen molar-refractivity contribution in [1.29, 1.82) is 15.8 Å². The molecule has 0 fully saturated rings. The van der Waals surface area contributed by atoms with Crippen molar-refractivity contribution < 1.29 is 4.79 Å². The number of carbonyl (C=O) groups excluding carboxylic acids is 1. The summed E-state index contributed by atoms with van der Waals surface area (Å²) < 4.78 is 6.35. The molecule has 7 aromatic carbocycles. The Hall–Kier alpha value is -6.99. The third-order valence-electron chi connectivity index (χ3n) is 9.42. The van der Waals surface area contributed by atoms with Crippen molar-refractivity contribution >= 4 is 96.1 Å². The molecule has 0 atom stereocenters. The van der Waals surface area contributed by atoms with Gasteiger partial charge >= 0.3 is 0 Å². The number of ketones is 1. The molecule has 9 rings (SSSR count). The minimum absolute atomic E-state index is 0.0442. The molecule has 0 amide bonds. The first-order chi connectivity index (χ1) is 31.3. The van der Waals surface area contributed by atoms with Crippen LogP contribution in [0.5, 0.6) is 0 Å². The van der Waals surface area contributed by atoms with Gasteiger partial charge in [-0.05, 0) is 144 Å². The molecule has 9 aromatic rings. The Labute approximate surface area is 409 Å². The summed E-state index contributed by atoms with van der Waals surface area (Å²) in [6.45, 7) is 0. The van der Waals surface area contributed by atoms with E-state index in [0.29, 0.717) is 45.3 Å². The van der Waals surface area contributed by atoms with E-state index in [1.54, 1.807) is 33.6 Å². The highest BCUT2D eigenvalue weighted by Crippen LogP contribution is 2.26. The minimum atomic E-state index is 0.0442. The molecule has 2 heterocycles. The van der Waals surface area contributed by atoms with Crippen LogP contribution in [0.2, 0.25) is 0 Å². The number of hydrogen-bond donors (Lipinski definition) is 0. The van der Waals surface area contributed by atoms with Gasteiger partial charge in [0.2, 0.25) is 0 Å². The molecule has 0 aliphatic carbocycles. The summed E-state index contributed by atoms with van der Waals surface area (Å²) in [5.41, 5.74) is 7.90. The maximum Gasteiger partial charge on any atom is 0.188 e. The SMILES string of the molecule is N#Cc1ccccc1-n1nnnc1-c1ccccc1I.N#Cc1ccccc1CC(=O)c1ccccc1I.N#Cc1ccccc1N=C(c1ccccc1I)n1nnc2ccccc21. The van der Waals surface area contributed by atoms with Crippen LogP contribution >= 0.6 is 67.8 Å². The Bertz CT molecular complexity index is 3280. The molecule has 0 unspecified atom stereocenters. The summed E-state index contributed by atoms with van der Waals surface area (Å²) in [7, 11) is 0. The molecule has 15 heteroatoms. The zero-order valence-corrected chi connectivity index (χ0v) is 39.8. The van der Waals surface area contributed by atoms with Gasteiger partial charge in [0, 0.05) is 33.8 Å². The largest absolute Gasteiger partial charge is 0.294 e. The molecule has 0 spiro atoms. The average molecular weight is 1170 g/mol. The standard InChI is InChI=1S/C20H12IN5.C15H10INO.C14H8IN5/c21-16-9-3-2-8-15(16)20(23-17-10-4-1-7-14(17)13-22)26-19-12-6-5-11-18(19)24-25-26;16-14-8-4-3-7-13(14)15(18)9-11-5-1-2-6-12(11)10-17;15-12-7-3-2-6-11(12)14-17-18-19-20(14)13-8-4-1-5-10(13)9-16/h1-12H;1-8H,9H2;1-8H. The predicted octanol–water partition coefficient (Wildman–Crippen LogP) is 10.9. The molecule has 0 aliphatic rings. The molecular weight excluding hydrogens is 1140 g/mol. The Balaban J connectivity index is 0.000000147. The highest BCUT2D eigenvalue weighted by atomic mass is 127. The molecule has 0 aliphatic heterocycles. The number of nitriles is 3. The number of rotatable bonds is 7. The Morgan fingerprint density at radius 1 is 0.562 bits per heavy atom. The summed E-state index contributed by atoms with van der Waals surface area (Å²) in [6.07, 6.45) is 0.268. The lowest BCUT2D eigenvalue weighted by Gasteiger charge is -2.10. The van der Waals surface area contributed by atoms with Crippen LogP contribution < -0.4 is 0 Å². The van der Waals surface area contributed by atoms with Crippen LogP contribution in [-0.4, -0.2) is 46.8 Å². The second-order valence-electron chi connectivity index (χ2n) is 13.4. The number of carbonyl (C=O) groups is 1. The molecule has 12 nitrogen and oxygen atoms in total. The first kappa shape index (κ1) is 45.0. The molecular formula is C49H30I3N11O. The third-order valence-corrected chi connectivity index (χ3v) is 12.2. The number of aliphatic imine (C=N–C) groups is 1. The fraction of sp³-hybridized carbons (Fsp3) is 0.0204. The van der Waals surface area contributed by atoms with E-state index >= 15 is 0 Å². The van der Waals surface area contributed by atoms with Crippen molar-refractivity contribution in [2.24, 2.45) is 4.99 Å². The van der Waals surface area contributed by atoms with E-state index in [4.69, 9.17) is 10.3 Å². The van der Waals surface area contributed by atoms with Gasteiger partial charge in [-0.3, -0.25) is 4.79 Å². The van der Waals surface area contributed by atoms with Gasteiger partial charge in [0.1, 0.15) is 17.7 Å². The van der Waals surface area contributed by atoms with Crippen LogP contribution in [-0.2, 0) is 6.42 Å². The Morgan fingerprint density at radius 2 is 1.12 bits per heavy atom. The number of Topliss-reactive ketones (excluding diaryl/α,β-unsaturated/α-hetero) is 1. The molecule has 2 aromatic heterocycles. The molecule has 0 N–H and O–H groups in total. The average Bonchev–Trinajstić information content (AvgIpc) is 4.00. The van der Waals surface area contributed by atoms with Crippen molar-refractivity contribution in [3.8, 4) is 35.3 Å². The highest BCUT2D eigenvalue weighted by Gasteiger charge is 2.18. The summed E-state index contributed by atoms with van der Waals surface area (Å²) in [6, 6.07) is 59.2. The zero-order chi connectivity index (χ0) is 44.8. The van der Waals surface area contributed by atoms with Gasteiger partial charge in [0.15, 0.2) is 17.4 Å². The summed E-state index contributed by atoms with van der Waals surface area (Å²) in [4.78, 5) is 17.0. The molecule has 0 saturated carbocycles. The number of fused-ring (bicyclic) bond motifs is 1. The van der Waals surface area contributed by atoms with Gasteiger partial charge in [0.05, 0.1) is 39.7 Å². The number of tetrazole rings is 1. The van der Waals surface area contributed by atoms with E-state index in [9.17, 15) is 15.3 Å². The van der Waals surface area contributed by atoms with Crippen LogP contribution in [0, 0.1) is 44.7 Å². The number of aromatic nitrogens is 7. The summed E-state index contributed by atoms with van der Waals surface area (Å²) in [5, 5.41) is 48.0. The summed E-state index contributed by atoms with van der Waals surface area (Å²) in [5.74, 6) is 1.30. The van der Waals surface area contributed by atoms with E-state index in [2.05, 4.69) is 112 Å². The van der Waals surface area contributed by atoms with Crippen molar-refractivity contribution in [3.05, 3.63) is 214 Å². The lowest BCUT2D eigenvalue weighted by atomic mass is 9.99. The summed E-state index contributed by atoms with van der Waals surface area (Å²) >= 11 is 6.67. The normalized spacial score (nSPS) is 10.6. The van der Waals surface area contributed by atoms with E-state index < -0.39 is 0 Å². The van der Waals surface area contributed by atoms with Gasteiger partial charge in [0.25, 0.3) is 0 Å². The van der Waals surface area contributed by atoms with Gasteiger partial charge < -0.3 is 0 Å². The number of benzene rings is 7. The third kappa shape index (κ3) is 10.6. The maximum atomic E-state index is 12.2. The molecule has 0 saturated heterocycles. The second-order valence-corrected chi connectivity index (χ2v) is 16.9. The fourth-order valence-electron chi connectivity index (χ4n) is 6.32. The predicted molar refractivity (Wildman–Crippen MR) is 270 cm³/mol. The van der Waals surface area contributed by atoms with Gasteiger partial charge in [-0.1, -0.05) is 114 Å². The second kappa shape index (κ2) is 21.9. The minimum Gasteiger partial charge on any atom is -0.294 e. The molecule has 308 valence electrons. The van der Waals surface area contributed by atoms with Crippen molar-refractivity contribution in [2.45, 2.75) is 6.42 Å². The lowest BCUT2D eigenvalue weighted by molar-refractivity contribution is 0.0992. The first-order valence-electron chi connectivity index (χ1n) is 19.2. The number of hydrogen-bond acceptors (Lipinski definition) is 10. The van der Waals surface area contributed by atoms with E-state index in [-0.39, 0.29) is 12.2 Å². The van der Waals surface area contributed by atoms with Crippen molar-refractivity contribution in [1.82, 2.24) is 35.2 Å². The van der Waals surface area contributed by atoms with E-state index in [1.807, 2.05) is 146 Å². The van der Waals surface area contributed by atoms with Crippen molar-refractivity contribution in [3.63, 3.8) is 0 Å². The molecule has 0 bridgehead atoms. The molecule has 64 heavy (non-hydrogen) atoms. The van der Waals surface area contributed by atoms with Crippen molar-refractivity contribution in [2.75, 3.05) is 0 Å². The van der Waals surface area contributed by atoms with Gasteiger partial charge in [-0.2, -0.15) is 25.1 Å². The van der Waals surface area contributed by atoms with Crippen LogP contribution in [0.3, 0.4) is 0 Å². The maximum absolute atomic E-state index is 12.2. The van der Waals surface area contributed by atoms with Gasteiger partial charge in [-0.15, -0.1) is 10.2 Å². The lowest BCUT2D eigenvalue weighted by Crippen LogP contribution is -2.16. The quantitative estimate of drug-likeness (QED) is 0.0651. The fourth-order valence-corrected chi connectivity index (χ4v) is 8.27. The van der Waals surface area contributed by atoms with Crippen LogP contribution in [0.1, 0.15) is 38.2 Å². The Morgan fingerprint density at radius 3 is 1.83 bits per heavy atom. The number of nitrogens with zero attached hydrogens (tertiary/aromatic N) is 11. The van der Waals surface area contributed by atoms with Crippen LogP contribution in [0.15, 0.2) is 175 Å². The topological polar surface area (TPSA) is 175 Å². The smallest absolute Gasteiger partial charge is 0.188 e. The van der Waals surface area contributed by atoms with Gasteiger partial charge in [-0.25, -0.2) is 4.99 Å². The van der Waals surface area contributed by atoms with Crippen LogP contribution in [0.25, 0.3) is 28.1 Å². The van der Waals surface area contributed by atoms with E-state index in [1.165, 1.54) is 0 Å². The van der Waals surface area contributed by atoms with Crippen LogP contribution in [0.4, 0.5) is 5.69 Å².